The minimum atomic E-state index is -0.574. The first-order chi connectivity index (χ1) is 13.1. The van der Waals surface area contributed by atoms with Crippen molar-refractivity contribution in [1.82, 2.24) is 16.0 Å². The van der Waals surface area contributed by atoms with Crippen LogP contribution in [-0.2, 0) is 16.1 Å². The number of hydrogen-bond acceptors (Lipinski definition) is 4. The third-order valence-corrected chi connectivity index (χ3v) is 3.72. The zero-order chi connectivity index (χ0) is 19.9. The number of carbonyl (C=O) groups is 2. The highest BCUT2D eigenvalue weighted by Gasteiger charge is 2.06. The Morgan fingerprint density at radius 3 is 2.41 bits per heavy atom. The molecule has 0 aliphatic rings. The molecule has 27 heavy (non-hydrogen) atoms. The van der Waals surface area contributed by atoms with E-state index in [1.54, 1.807) is 19.2 Å². The van der Waals surface area contributed by atoms with Crippen molar-refractivity contribution in [3.05, 3.63) is 35.4 Å². The number of benzene rings is 1. The molecule has 5 N–H and O–H groups in total. The van der Waals surface area contributed by atoms with Crippen LogP contribution in [0.25, 0.3) is 0 Å². The molecule has 8 heteroatoms. The summed E-state index contributed by atoms with van der Waals surface area (Å²) in [6.45, 7) is 4.89. The molecule has 1 aromatic rings. The number of primary amides is 1. The number of amides is 2. The van der Waals surface area contributed by atoms with Gasteiger partial charge in [0.1, 0.15) is 0 Å². The molecule has 0 bridgehead atoms. The molecule has 0 aliphatic carbocycles. The molecule has 0 atom stereocenters. The maximum Gasteiger partial charge on any atom is 0.251 e. The van der Waals surface area contributed by atoms with E-state index in [9.17, 15) is 9.59 Å². The number of aliphatic imine (C=N–C) groups is 1. The van der Waals surface area contributed by atoms with Gasteiger partial charge in [0, 0.05) is 38.9 Å². The van der Waals surface area contributed by atoms with Gasteiger partial charge in [0.2, 0.25) is 5.91 Å². The van der Waals surface area contributed by atoms with Gasteiger partial charge in [-0.25, -0.2) is 0 Å². The first-order valence-corrected chi connectivity index (χ1v) is 9.24. The Bertz CT molecular complexity index is 602. The van der Waals surface area contributed by atoms with Crippen molar-refractivity contribution in [1.29, 1.82) is 0 Å². The van der Waals surface area contributed by atoms with Crippen LogP contribution in [0.1, 0.15) is 42.1 Å². The molecule has 0 saturated carbocycles. The van der Waals surface area contributed by atoms with Crippen molar-refractivity contribution in [3.8, 4) is 0 Å². The fourth-order valence-electron chi connectivity index (χ4n) is 2.18. The predicted octanol–water partition coefficient (Wildman–Crippen LogP) is 0.774. The van der Waals surface area contributed by atoms with Crippen molar-refractivity contribution in [3.63, 3.8) is 0 Å². The van der Waals surface area contributed by atoms with Gasteiger partial charge in [-0.15, -0.1) is 0 Å². The lowest BCUT2D eigenvalue weighted by Gasteiger charge is -2.12. The van der Waals surface area contributed by atoms with Gasteiger partial charge in [0.05, 0.1) is 6.54 Å². The molecule has 0 spiro atoms. The third-order valence-electron chi connectivity index (χ3n) is 3.72. The summed E-state index contributed by atoms with van der Waals surface area (Å²) in [4.78, 5) is 26.7. The van der Waals surface area contributed by atoms with E-state index in [2.05, 4.69) is 27.9 Å². The Morgan fingerprint density at radius 1 is 1.07 bits per heavy atom. The Hall–Kier alpha value is -2.61. The molecule has 0 radical (unpaired) electrons. The SMILES string of the molecule is CCCCOCCCNC(=NC)NCc1ccc(C(=O)NCC(N)=O)cc1. The number of guanidine groups is 1. The molecular weight excluding hydrogens is 346 g/mol. The lowest BCUT2D eigenvalue weighted by atomic mass is 10.1. The van der Waals surface area contributed by atoms with Gasteiger partial charge in [-0.3, -0.25) is 14.6 Å². The first-order valence-electron chi connectivity index (χ1n) is 9.24. The lowest BCUT2D eigenvalue weighted by molar-refractivity contribution is -0.117. The van der Waals surface area contributed by atoms with Crippen molar-refractivity contribution in [2.24, 2.45) is 10.7 Å². The zero-order valence-corrected chi connectivity index (χ0v) is 16.2. The van der Waals surface area contributed by atoms with E-state index in [1.165, 1.54) is 0 Å². The summed E-state index contributed by atoms with van der Waals surface area (Å²) >= 11 is 0. The maximum atomic E-state index is 11.8. The fraction of sp³-hybridized carbons (Fsp3) is 0.526. The summed E-state index contributed by atoms with van der Waals surface area (Å²) in [5.41, 5.74) is 6.49. The fourth-order valence-corrected chi connectivity index (χ4v) is 2.18. The molecule has 0 aliphatic heterocycles. The zero-order valence-electron chi connectivity index (χ0n) is 16.2. The Kier molecular flexibility index (Phi) is 11.3. The number of ether oxygens (including phenoxy) is 1. The van der Waals surface area contributed by atoms with Crippen LogP contribution in [0.2, 0.25) is 0 Å². The molecule has 0 unspecified atom stereocenters. The maximum absolute atomic E-state index is 11.8. The smallest absolute Gasteiger partial charge is 0.251 e. The van der Waals surface area contributed by atoms with Crippen LogP contribution < -0.4 is 21.7 Å². The molecular formula is C19H31N5O3. The number of unbranched alkanes of at least 4 members (excludes halogenated alkanes) is 1. The third kappa shape index (κ3) is 10.2. The van der Waals surface area contributed by atoms with Crippen LogP contribution in [0.15, 0.2) is 29.3 Å². The molecule has 0 heterocycles. The van der Waals surface area contributed by atoms with Crippen LogP contribution in [0.3, 0.4) is 0 Å². The standard InChI is InChI=1S/C19H31N5O3/c1-3-4-11-27-12-5-10-22-19(21-2)24-13-15-6-8-16(9-7-15)18(26)23-14-17(20)25/h6-9H,3-5,10-14H2,1-2H3,(H2,20,25)(H,23,26)(H2,21,22,24). The van der Waals surface area contributed by atoms with Crippen LogP contribution in [-0.4, -0.2) is 51.1 Å². The average Bonchev–Trinajstić information content (AvgIpc) is 2.68. The molecule has 1 aromatic carbocycles. The van der Waals surface area contributed by atoms with E-state index in [0.717, 1.165) is 44.6 Å². The minimum absolute atomic E-state index is 0.173. The van der Waals surface area contributed by atoms with E-state index in [4.69, 9.17) is 10.5 Å². The van der Waals surface area contributed by atoms with Crippen LogP contribution >= 0.6 is 0 Å². The number of nitrogens with zero attached hydrogens (tertiary/aromatic N) is 1. The lowest BCUT2D eigenvalue weighted by Crippen LogP contribution is -2.37. The van der Waals surface area contributed by atoms with Gasteiger partial charge in [-0.1, -0.05) is 25.5 Å². The van der Waals surface area contributed by atoms with Gasteiger partial charge in [0.25, 0.3) is 5.91 Å². The van der Waals surface area contributed by atoms with E-state index in [0.29, 0.717) is 18.1 Å². The Morgan fingerprint density at radius 2 is 1.78 bits per heavy atom. The molecule has 0 saturated heterocycles. The second-order valence-electron chi connectivity index (χ2n) is 6.02. The summed E-state index contributed by atoms with van der Waals surface area (Å²) in [6, 6.07) is 7.11. The van der Waals surface area contributed by atoms with E-state index < -0.39 is 5.91 Å². The predicted molar refractivity (Wildman–Crippen MR) is 107 cm³/mol. The van der Waals surface area contributed by atoms with Gasteiger partial charge < -0.3 is 26.4 Å². The average molecular weight is 377 g/mol. The Balaban J connectivity index is 2.30. The summed E-state index contributed by atoms with van der Waals surface area (Å²) in [7, 11) is 1.72. The number of carbonyl (C=O) groups excluding carboxylic acids is 2. The van der Waals surface area contributed by atoms with Gasteiger partial charge in [-0.2, -0.15) is 0 Å². The second kappa shape index (κ2) is 13.6. The number of rotatable bonds is 12. The van der Waals surface area contributed by atoms with Crippen LogP contribution in [0, 0.1) is 0 Å². The summed E-state index contributed by atoms with van der Waals surface area (Å²) in [6.07, 6.45) is 3.16. The summed E-state index contributed by atoms with van der Waals surface area (Å²) < 4.78 is 5.52. The van der Waals surface area contributed by atoms with Crippen LogP contribution in [0.4, 0.5) is 0 Å². The van der Waals surface area contributed by atoms with Crippen molar-refractivity contribution < 1.29 is 14.3 Å². The van der Waals surface area contributed by atoms with Crippen molar-refractivity contribution in [2.45, 2.75) is 32.7 Å². The molecule has 150 valence electrons. The highest BCUT2D eigenvalue weighted by Crippen LogP contribution is 2.04. The highest BCUT2D eigenvalue weighted by atomic mass is 16.5. The summed E-state index contributed by atoms with van der Waals surface area (Å²) in [5, 5.41) is 8.91. The number of nitrogens with one attached hydrogen (secondary N) is 3. The first kappa shape index (κ1) is 22.4. The van der Waals surface area contributed by atoms with Gasteiger partial charge >= 0.3 is 0 Å². The van der Waals surface area contributed by atoms with Gasteiger partial charge in [-0.05, 0) is 30.5 Å². The highest BCUT2D eigenvalue weighted by molar-refractivity contribution is 5.96. The quantitative estimate of drug-likeness (QED) is 0.244. The minimum Gasteiger partial charge on any atom is -0.381 e. The summed E-state index contributed by atoms with van der Waals surface area (Å²) in [5.74, 6) is -0.186. The number of hydrogen-bond donors (Lipinski definition) is 4. The number of nitrogens with two attached hydrogens (primary N) is 1. The normalized spacial score (nSPS) is 11.1. The molecule has 2 amide bonds. The monoisotopic (exact) mass is 377 g/mol. The molecule has 1 rings (SSSR count). The van der Waals surface area contributed by atoms with Crippen molar-refractivity contribution in [2.75, 3.05) is 33.4 Å². The molecule has 8 nitrogen and oxygen atoms in total. The Labute approximate surface area is 160 Å². The van der Waals surface area contributed by atoms with E-state index in [1.807, 2.05) is 12.1 Å². The van der Waals surface area contributed by atoms with Crippen LogP contribution in [0.5, 0.6) is 0 Å². The van der Waals surface area contributed by atoms with Gasteiger partial charge in [0.15, 0.2) is 5.96 Å². The topological polar surface area (TPSA) is 118 Å². The second-order valence-corrected chi connectivity index (χ2v) is 6.02. The largest absolute Gasteiger partial charge is 0.381 e. The van der Waals surface area contributed by atoms with E-state index in [-0.39, 0.29) is 12.5 Å². The molecule has 0 fully saturated rings. The van der Waals surface area contributed by atoms with Crippen molar-refractivity contribution >= 4 is 17.8 Å². The molecule has 0 aromatic heterocycles. The van der Waals surface area contributed by atoms with E-state index >= 15 is 0 Å².